The van der Waals surface area contributed by atoms with Gasteiger partial charge in [0.1, 0.15) is 11.9 Å². The van der Waals surface area contributed by atoms with Gasteiger partial charge in [0.2, 0.25) is 0 Å². The Labute approximate surface area is 112 Å². The molecule has 1 aromatic heterocycles. The van der Waals surface area contributed by atoms with Crippen LogP contribution in [0.1, 0.15) is 33.1 Å². The fourth-order valence-corrected chi connectivity index (χ4v) is 2.80. The molecule has 1 aliphatic rings. The van der Waals surface area contributed by atoms with E-state index >= 15 is 0 Å². The zero-order valence-electron chi connectivity index (χ0n) is 11.2. The van der Waals surface area contributed by atoms with Crippen LogP contribution < -0.4 is 10.5 Å². The Morgan fingerprint density at radius 3 is 2.53 bits per heavy atom. The number of hydrogen-bond acceptors (Lipinski definition) is 5. The minimum Gasteiger partial charge on any atom is -0.469 e. The van der Waals surface area contributed by atoms with Crippen LogP contribution in [0.4, 0.5) is 11.5 Å². The molecule has 19 heavy (non-hydrogen) atoms. The van der Waals surface area contributed by atoms with Crippen LogP contribution >= 0.6 is 0 Å². The molecule has 0 amide bonds. The lowest BCUT2D eigenvalue weighted by Gasteiger charge is -2.31. The summed E-state index contributed by atoms with van der Waals surface area (Å²) >= 11 is 0. The van der Waals surface area contributed by atoms with Crippen LogP contribution in [-0.4, -0.2) is 16.0 Å². The highest BCUT2D eigenvalue weighted by molar-refractivity contribution is 5.47. The van der Waals surface area contributed by atoms with Crippen molar-refractivity contribution >= 4 is 11.5 Å². The van der Waals surface area contributed by atoms with Crippen molar-refractivity contribution in [3.05, 3.63) is 22.2 Å². The zero-order chi connectivity index (χ0) is 14.0. The summed E-state index contributed by atoms with van der Waals surface area (Å²) in [6, 6.07) is 2.75. The molecule has 2 unspecified atom stereocenters. The number of hydrogen-bond donors (Lipinski definition) is 1. The van der Waals surface area contributed by atoms with Crippen LogP contribution in [0.25, 0.3) is 0 Å². The van der Waals surface area contributed by atoms with E-state index in [-0.39, 0.29) is 23.5 Å². The van der Waals surface area contributed by atoms with Gasteiger partial charge in [-0.25, -0.2) is 0 Å². The Kier molecular flexibility index (Phi) is 3.87. The van der Waals surface area contributed by atoms with Crippen LogP contribution in [0.2, 0.25) is 0 Å². The first-order valence-corrected chi connectivity index (χ1v) is 6.53. The van der Waals surface area contributed by atoms with E-state index in [4.69, 9.17) is 10.5 Å². The third kappa shape index (κ3) is 3.33. The molecular formula is C13H19N3O3. The minimum absolute atomic E-state index is 0.0215. The van der Waals surface area contributed by atoms with Gasteiger partial charge in [-0.1, -0.05) is 13.8 Å². The summed E-state index contributed by atoms with van der Waals surface area (Å²) in [5.74, 6) is 1.40. The van der Waals surface area contributed by atoms with Gasteiger partial charge in [-0.05, 0) is 37.2 Å². The molecule has 0 aliphatic heterocycles. The second-order valence-electron chi connectivity index (χ2n) is 5.47. The Morgan fingerprint density at radius 1 is 1.32 bits per heavy atom. The molecular weight excluding hydrogens is 246 g/mol. The molecule has 0 radical (unpaired) electrons. The lowest BCUT2D eigenvalue weighted by molar-refractivity contribution is -0.386. The van der Waals surface area contributed by atoms with E-state index in [0.717, 1.165) is 12.8 Å². The van der Waals surface area contributed by atoms with Gasteiger partial charge < -0.3 is 10.5 Å². The van der Waals surface area contributed by atoms with Gasteiger partial charge in [0.05, 0.1) is 4.92 Å². The van der Waals surface area contributed by atoms with Crippen molar-refractivity contribution in [1.29, 1.82) is 0 Å². The summed E-state index contributed by atoms with van der Waals surface area (Å²) < 4.78 is 5.74. The van der Waals surface area contributed by atoms with Crippen molar-refractivity contribution in [3.8, 4) is 5.88 Å². The van der Waals surface area contributed by atoms with Crippen molar-refractivity contribution in [1.82, 2.24) is 4.98 Å². The summed E-state index contributed by atoms with van der Waals surface area (Å²) in [5, 5.41) is 10.9. The van der Waals surface area contributed by atoms with E-state index in [9.17, 15) is 10.1 Å². The molecule has 0 aromatic carbocycles. The predicted molar refractivity (Wildman–Crippen MR) is 71.9 cm³/mol. The number of nitro groups is 1. The first-order valence-electron chi connectivity index (χ1n) is 6.53. The maximum absolute atomic E-state index is 10.9. The Hall–Kier alpha value is -1.85. The molecule has 104 valence electrons. The molecule has 1 heterocycles. The van der Waals surface area contributed by atoms with Gasteiger partial charge in [-0.2, -0.15) is 4.98 Å². The molecule has 6 nitrogen and oxygen atoms in total. The van der Waals surface area contributed by atoms with Gasteiger partial charge in [0, 0.05) is 6.07 Å². The van der Waals surface area contributed by atoms with E-state index < -0.39 is 4.92 Å². The monoisotopic (exact) mass is 265 g/mol. The van der Waals surface area contributed by atoms with Gasteiger partial charge in [0.25, 0.3) is 5.88 Å². The molecule has 1 aliphatic carbocycles. The van der Waals surface area contributed by atoms with E-state index in [2.05, 4.69) is 18.8 Å². The standard InChI is InChI=1S/C13H19N3O3/c1-8-5-9(2)7-10(6-8)19-13-11(16(17)18)3-4-12(14)15-13/h3-4,8-10H,5-7H2,1-2H3,(H2,14,15). The number of aromatic nitrogens is 1. The zero-order valence-corrected chi connectivity index (χ0v) is 11.2. The second-order valence-corrected chi connectivity index (χ2v) is 5.47. The number of anilines is 1. The van der Waals surface area contributed by atoms with Crippen molar-refractivity contribution in [2.24, 2.45) is 11.8 Å². The fraction of sp³-hybridized carbons (Fsp3) is 0.615. The summed E-state index contributed by atoms with van der Waals surface area (Å²) in [6.45, 7) is 4.35. The maximum Gasteiger partial charge on any atom is 0.331 e. The van der Waals surface area contributed by atoms with Crippen LogP contribution in [0.5, 0.6) is 5.88 Å². The smallest absolute Gasteiger partial charge is 0.331 e. The number of rotatable bonds is 3. The van der Waals surface area contributed by atoms with Crippen molar-refractivity contribution in [2.45, 2.75) is 39.2 Å². The highest BCUT2D eigenvalue weighted by Crippen LogP contribution is 2.33. The van der Waals surface area contributed by atoms with Gasteiger partial charge >= 0.3 is 5.69 Å². The number of pyridine rings is 1. The molecule has 0 spiro atoms. The maximum atomic E-state index is 10.9. The molecule has 2 rings (SSSR count). The average Bonchev–Trinajstić information content (AvgIpc) is 2.26. The lowest BCUT2D eigenvalue weighted by Crippen LogP contribution is -2.29. The van der Waals surface area contributed by atoms with Crippen molar-refractivity contribution in [2.75, 3.05) is 5.73 Å². The second kappa shape index (κ2) is 5.42. The van der Waals surface area contributed by atoms with Crippen LogP contribution in [-0.2, 0) is 0 Å². The van der Waals surface area contributed by atoms with Crippen LogP contribution in [0.3, 0.4) is 0 Å². The van der Waals surface area contributed by atoms with E-state index in [1.807, 2.05) is 0 Å². The van der Waals surface area contributed by atoms with Crippen molar-refractivity contribution in [3.63, 3.8) is 0 Å². The van der Waals surface area contributed by atoms with Crippen LogP contribution in [0, 0.1) is 22.0 Å². The SMILES string of the molecule is CC1CC(C)CC(Oc2nc(N)ccc2[N+](=O)[O-])C1. The predicted octanol–water partition coefficient (Wildman–Crippen LogP) is 2.78. The average molecular weight is 265 g/mol. The van der Waals surface area contributed by atoms with Gasteiger partial charge in [-0.3, -0.25) is 10.1 Å². The van der Waals surface area contributed by atoms with E-state index in [0.29, 0.717) is 11.8 Å². The number of nitrogens with two attached hydrogens (primary N) is 1. The summed E-state index contributed by atoms with van der Waals surface area (Å²) in [7, 11) is 0. The molecule has 0 saturated heterocycles. The molecule has 1 aromatic rings. The van der Waals surface area contributed by atoms with Gasteiger partial charge in [-0.15, -0.1) is 0 Å². The van der Waals surface area contributed by atoms with Crippen LogP contribution in [0.15, 0.2) is 12.1 Å². The quantitative estimate of drug-likeness (QED) is 0.670. The first-order chi connectivity index (χ1) is 8.95. The molecule has 1 fully saturated rings. The normalized spacial score (nSPS) is 26.9. The highest BCUT2D eigenvalue weighted by Gasteiger charge is 2.28. The third-order valence-corrected chi connectivity index (χ3v) is 3.47. The highest BCUT2D eigenvalue weighted by atomic mass is 16.6. The summed E-state index contributed by atoms with van der Waals surface area (Å²) in [6.07, 6.45) is 2.95. The third-order valence-electron chi connectivity index (χ3n) is 3.47. The summed E-state index contributed by atoms with van der Waals surface area (Å²) in [4.78, 5) is 14.4. The Balaban J connectivity index is 2.18. The van der Waals surface area contributed by atoms with Gasteiger partial charge in [0.15, 0.2) is 0 Å². The molecule has 1 saturated carbocycles. The minimum atomic E-state index is -0.489. The van der Waals surface area contributed by atoms with E-state index in [1.165, 1.54) is 18.6 Å². The fourth-order valence-electron chi connectivity index (χ4n) is 2.80. The molecule has 0 bridgehead atoms. The molecule has 2 atom stereocenters. The number of nitrogens with zero attached hydrogens (tertiary/aromatic N) is 2. The largest absolute Gasteiger partial charge is 0.469 e. The van der Waals surface area contributed by atoms with Crippen molar-refractivity contribution < 1.29 is 9.66 Å². The van der Waals surface area contributed by atoms with E-state index in [1.54, 1.807) is 0 Å². The Bertz CT molecular complexity index is 468. The Morgan fingerprint density at radius 2 is 1.95 bits per heavy atom. The molecule has 6 heteroatoms. The lowest BCUT2D eigenvalue weighted by atomic mass is 9.82. The molecule has 2 N–H and O–H groups in total. The number of ether oxygens (including phenoxy) is 1. The number of nitrogen functional groups attached to an aromatic ring is 1. The first kappa shape index (κ1) is 13.6. The summed E-state index contributed by atoms with van der Waals surface area (Å²) in [5.41, 5.74) is 5.45. The topological polar surface area (TPSA) is 91.3 Å².